The summed E-state index contributed by atoms with van der Waals surface area (Å²) in [5, 5.41) is 10.7. The molecule has 0 rings (SSSR count). The number of phosphoric ester groups is 2. The molecule has 0 bridgehead atoms. The van der Waals surface area contributed by atoms with Crippen molar-refractivity contribution in [1.82, 2.24) is 0 Å². The van der Waals surface area contributed by atoms with Crippen molar-refractivity contribution < 1.29 is 80.2 Å². The number of rotatable bonds is 91. The van der Waals surface area contributed by atoms with E-state index in [1.54, 1.807) is 0 Å². The smallest absolute Gasteiger partial charge is 0.462 e. The van der Waals surface area contributed by atoms with Gasteiger partial charge in [0.15, 0.2) is 12.2 Å². The van der Waals surface area contributed by atoms with Crippen molar-refractivity contribution in [3.05, 3.63) is 0 Å². The quantitative estimate of drug-likeness (QED) is 0.0222. The summed E-state index contributed by atoms with van der Waals surface area (Å²) in [5.41, 5.74) is 0. The molecule has 0 heterocycles. The zero-order valence-corrected chi connectivity index (χ0v) is 75.1. The van der Waals surface area contributed by atoms with Crippen molar-refractivity contribution in [3.8, 4) is 0 Å². The first-order valence-corrected chi connectivity index (χ1v) is 50.5. The van der Waals surface area contributed by atoms with Gasteiger partial charge in [-0.25, -0.2) is 9.13 Å². The van der Waals surface area contributed by atoms with Crippen LogP contribution in [-0.4, -0.2) is 96.7 Å². The lowest BCUT2D eigenvalue weighted by atomic mass is 10.0. The van der Waals surface area contributed by atoms with Gasteiger partial charge in [0.25, 0.3) is 0 Å². The van der Waals surface area contributed by atoms with Gasteiger partial charge < -0.3 is 33.8 Å². The summed E-state index contributed by atoms with van der Waals surface area (Å²) in [6.07, 6.45) is 77.9. The molecule has 660 valence electrons. The molecule has 0 amide bonds. The molecule has 2 unspecified atom stereocenters. The summed E-state index contributed by atoms with van der Waals surface area (Å²) >= 11 is 0. The summed E-state index contributed by atoms with van der Waals surface area (Å²) in [7, 11) is -9.93. The lowest BCUT2D eigenvalue weighted by Gasteiger charge is -2.21. The summed E-state index contributed by atoms with van der Waals surface area (Å²) in [4.78, 5) is 73.4. The SMILES string of the molecule is CCCCCCCCCCCCCCCCCCCCCC(=O)O[C@H](COC(=O)CCCCCCCCCCCC)COP(=O)(O)OC[C@H](O)COP(=O)(O)OC[C@@H](COC(=O)CCCCCCCCCCCCCCCCCCCCC(C)C)OC(=O)CCCCCCCCCCCCCCCCCCCCC(C)C. The van der Waals surface area contributed by atoms with Crippen LogP contribution in [-0.2, 0) is 65.4 Å². The monoisotopic (exact) mass is 1620 g/mol. The minimum absolute atomic E-state index is 0.109. The largest absolute Gasteiger partial charge is 0.472 e. The van der Waals surface area contributed by atoms with Gasteiger partial charge in [0.1, 0.15) is 19.3 Å². The second kappa shape index (κ2) is 83.1. The van der Waals surface area contributed by atoms with E-state index in [-0.39, 0.29) is 25.7 Å². The molecular weight excluding hydrogens is 1440 g/mol. The fraction of sp³-hybridized carbons (Fsp3) is 0.957. The predicted octanol–water partition coefficient (Wildman–Crippen LogP) is 28.6. The van der Waals surface area contributed by atoms with Crippen LogP contribution >= 0.6 is 15.6 Å². The number of phosphoric acid groups is 2. The Morgan fingerprint density at radius 1 is 0.243 bits per heavy atom. The van der Waals surface area contributed by atoms with E-state index in [1.807, 2.05) is 0 Å². The molecule has 0 spiro atoms. The van der Waals surface area contributed by atoms with E-state index in [0.717, 1.165) is 102 Å². The molecule has 19 heteroatoms. The molecule has 0 aliphatic rings. The minimum atomic E-state index is -4.97. The maximum Gasteiger partial charge on any atom is 0.472 e. The van der Waals surface area contributed by atoms with Crippen LogP contribution in [0.4, 0.5) is 0 Å². The highest BCUT2D eigenvalue weighted by Gasteiger charge is 2.31. The average molecular weight is 1620 g/mol. The maximum absolute atomic E-state index is 13.2. The third-order valence-electron chi connectivity index (χ3n) is 21.7. The van der Waals surface area contributed by atoms with E-state index in [2.05, 4.69) is 41.5 Å². The lowest BCUT2D eigenvalue weighted by Crippen LogP contribution is -2.30. The highest BCUT2D eigenvalue weighted by atomic mass is 31.2. The van der Waals surface area contributed by atoms with Gasteiger partial charge in [-0.1, -0.05) is 446 Å². The highest BCUT2D eigenvalue weighted by molar-refractivity contribution is 7.47. The van der Waals surface area contributed by atoms with E-state index in [1.165, 1.54) is 315 Å². The van der Waals surface area contributed by atoms with Crippen molar-refractivity contribution in [2.75, 3.05) is 39.6 Å². The van der Waals surface area contributed by atoms with Gasteiger partial charge in [-0.15, -0.1) is 0 Å². The van der Waals surface area contributed by atoms with Gasteiger partial charge in [0.05, 0.1) is 26.4 Å². The molecule has 17 nitrogen and oxygen atoms in total. The average Bonchev–Trinajstić information content (AvgIpc) is 0.899. The van der Waals surface area contributed by atoms with Gasteiger partial charge in [0, 0.05) is 25.7 Å². The number of unbranched alkanes of at least 4 members (excludes halogenated alkanes) is 61. The summed E-state index contributed by atoms with van der Waals surface area (Å²) in [6, 6.07) is 0. The molecule has 5 atom stereocenters. The first kappa shape index (κ1) is 109. The zero-order valence-electron chi connectivity index (χ0n) is 73.3. The topological polar surface area (TPSA) is 237 Å². The lowest BCUT2D eigenvalue weighted by molar-refractivity contribution is -0.161. The number of esters is 4. The van der Waals surface area contributed by atoms with E-state index in [9.17, 15) is 43.2 Å². The predicted molar refractivity (Wildman–Crippen MR) is 460 cm³/mol. The first-order valence-electron chi connectivity index (χ1n) is 47.5. The third kappa shape index (κ3) is 85.8. The fourth-order valence-electron chi connectivity index (χ4n) is 14.5. The number of carbonyl (C=O) groups is 4. The van der Waals surface area contributed by atoms with Gasteiger partial charge >= 0.3 is 39.5 Å². The van der Waals surface area contributed by atoms with Crippen LogP contribution in [0.1, 0.15) is 497 Å². The van der Waals surface area contributed by atoms with Gasteiger partial charge in [-0.05, 0) is 37.5 Å². The van der Waals surface area contributed by atoms with Crippen molar-refractivity contribution in [2.24, 2.45) is 11.8 Å². The molecule has 0 aromatic heterocycles. The van der Waals surface area contributed by atoms with Gasteiger partial charge in [-0.2, -0.15) is 0 Å². The van der Waals surface area contributed by atoms with E-state index < -0.39 is 97.5 Å². The Kier molecular flexibility index (Phi) is 81.7. The zero-order chi connectivity index (χ0) is 81.3. The highest BCUT2D eigenvalue weighted by Crippen LogP contribution is 2.45. The summed E-state index contributed by atoms with van der Waals surface area (Å²) < 4.78 is 69.1. The van der Waals surface area contributed by atoms with E-state index in [0.29, 0.717) is 25.7 Å². The van der Waals surface area contributed by atoms with Crippen LogP contribution in [0.5, 0.6) is 0 Å². The molecule has 3 N–H and O–H groups in total. The molecule has 111 heavy (non-hydrogen) atoms. The van der Waals surface area contributed by atoms with Crippen molar-refractivity contribution in [2.45, 2.75) is 516 Å². The molecule has 0 aliphatic carbocycles. The van der Waals surface area contributed by atoms with Crippen LogP contribution in [0.15, 0.2) is 0 Å². The standard InChI is InChI=1S/C92H180O17P2/c1-7-9-11-13-15-17-19-20-21-22-23-31-36-41-46-52-58-64-70-76-91(96)108-87(80-102-89(94)74-68-62-56-50-18-16-14-12-10-8-2)82-106-110(98,99)104-78-86(93)79-105-111(100,101)107-83-88(109-92(97)77-71-65-59-53-47-42-37-32-27-25-29-34-39-44-49-55-61-67-73-85(5)6)81-103-90(95)75-69-63-57-51-45-40-35-30-26-24-28-33-38-43-48-54-60-66-72-84(3)4/h84-88,93H,7-83H2,1-6H3,(H,98,99)(H,100,101)/t86-,87+,88+/m0/s1. The molecule has 0 fully saturated rings. The first-order chi connectivity index (χ1) is 53.9. The Morgan fingerprint density at radius 2 is 0.414 bits per heavy atom. The Balaban J connectivity index is 5.21. The Labute approximate surface area is 683 Å². The van der Waals surface area contributed by atoms with Gasteiger partial charge in [0.2, 0.25) is 0 Å². The molecule has 0 aliphatic heterocycles. The maximum atomic E-state index is 13.2. The normalized spacial score (nSPS) is 13.7. The second-order valence-corrected chi connectivity index (χ2v) is 36.9. The molecule has 0 saturated carbocycles. The Bertz CT molecular complexity index is 2120. The molecule has 0 aromatic rings. The molecule has 0 saturated heterocycles. The van der Waals surface area contributed by atoms with Crippen molar-refractivity contribution in [3.63, 3.8) is 0 Å². The van der Waals surface area contributed by atoms with E-state index in [4.69, 9.17) is 37.0 Å². The van der Waals surface area contributed by atoms with Crippen LogP contribution in [0.3, 0.4) is 0 Å². The third-order valence-corrected chi connectivity index (χ3v) is 23.6. The summed E-state index contributed by atoms with van der Waals surface area (Å²) in [6.45, 7) is 9.78. The number of carbonyl (C=O) groups excluding carboxylic acids is 4. The fourth-order valence-corrected chi connectivity index (χ4v) is 16.1. The van der Waals surface area contributed by atoms with Gasteiger partial charge in [-0.3, -0.25) is 37.3 Å². The van der Waals surface area contributed by atoms with Crippen molar-refractivity contribution >= 4 is 39.5 Å². The minimum Gasteiger partial charge on any atom is -0.462 e. The Morgan fingerprint density at radius 3 is 0.613 bits per heavy atom. The Hall–Kier alpha value is -1.94. The van der Waals surface area contributed by atoms with Crippen LogP contribution < -0.4 is 0 Å². The second-order valence-electron chi connectivity index (χ2n) is 34.0. The van der Waals surface area contributed by atoms with Crippen molar-refractivity contribution in [1.29, 1.82) is 0 Å². The summed E-state index contributed by atoms with van der Waals surface area (Å²) in [5.74, 6) is -0.451. The number of aliphatic hydroxyl groups excluding tert-OH is 1. The molecular formula is C92H180O17P2. The number of aliphatic hydroxyl groups is 1. The number of hydrogen-bond donors (Lipinski definition) is 3. The molecule has 0 radical (unpaired) electrons. The number of hydrogen-bond acceptors (Lipinski definition) is 15. The van der Waals surface area contributed by atoms with Crippen LogP contribution in [0.25, 0.3) is 0 Å². The molecule has 0 aromatic carbocycles. The van der Waals surface area contributed by atoms with E-state index >= 15 is 0 Å². The van der Waals surface area contributed by atoms with Crippen LogP contribution in [0, 0.1) is 11.8 Å². The van der Waals surface area contributed by atoms with Crippen LogP contribution in [0.2, 0.25) is 0 Å². The number of ether oxygens (including phenoxy) is 4.